The van der Waals surface area contributed by atoms with Crippen molar-refractivity contribution >= 4 is 17.3 Å². The monoisotopic (exact) mass is 309 g/mol. The average molecular weight is 309 g/mol. The van der Waals surface area contributed by atoms with Gasteiger partial charge in [0, 0.05) is 10.4 Å². The van der Waals surface area contributed by atoms with Crippen LogP contribution in [0.15, 0.2) is 23.0 Å². The summed E-state index contributed by atoms with van der Waals surface area (Å²) in [5.74, 6) is 0.0350. The molecule has 0 amide bonds. The van der Waals surface area contributed by atoms with Crippen LogP contribution in [-0.2, 0) is 11.3 Å². The summed E-state index contributed by atoms with van der Waals surface area (Å²) >= 11 is 1.03. The molecule has 1 heterocycles. The van der Waals surface area contributed by atoms with Crippen LogP contribution in [-0.4, -0.2) is 29.9 Å². The molecule has 0 saturated heterocycles. The van der Waals surface area contributed by atoms with Gasteiger partial charge in [-0.15, -0.1) is 0 Å². The predicted octanol–water partition coefficient (Wildman–Crippen LogP) is 1.99. The van der Waals surface area contributed by atoms with Gasteiger partial charge in [0.05, 0.1) is 19.9 Å². The van der Waals surface area contributed by atoms with Crippen molar-refractivity contribution in [2.45, 2.75) is 13.5 Å². The summed E-state index contributed by atoms with van der Waals surface area (Å²) in [7, 11) is 3.06. The van der Waals surface area contributed by atoms with Crippen LogP contribution >= 0.6 is 11.3 Å². The van der Waals surface area contributed by atoms with Crippen LogP contribution in [0.25, 0.3) is 11.3 Å². The molecule has 0 bridgehead atoms. The normalized spacial score (nSPS) is 10.4. The van der Waals surface area contributed by atoms with Crippen molar-refractivity contribution in [3.8, 4) is 22.8 Å². The number of benzene rings is 1. The van der Waals surface area contributed by atoms with Gasteiger partial charge in [0.2, 0.25) is 0 Å². The number of nitrogens with zero attached hydrogens (tertiary/aromatic N) is 1. The van der Waals surface area contributed by atoms with Gasteiger partial charge in [-0.1, -0.05) is 11.3 Å². The molecule has 0 aliphatic rings. The Labute approximate surface area is 125 Å². The zero-order valence-electron chi connectivity index (χ0n) is 11.9. The number of hydrogen-bond donors (Lipinski definition) is 1. The number of carboxylic acid groups (broad SMARTS) is 1. The summed E-state index contributed by atoms with van der Waals surface area (Å²) in [5.41, 5.74) is 1.30. The Morgan fingerprint density at radius 1 is 1.29 bits per heavy atom. The van der Waals surface area contributed by atoms with Crippen molar-refractivity contribution < 1.29 is 19.4 Å². The highest BCUT2D eigenvalue weighted by Crippen LogP contribution is 2.34. The van der Waals surface area contributed by atoms with E-state index in [1.165, 1.54) is 18.8 Å². The second-order valence-corrected chi connectivity index (χ2v) is 5.49. The molecule has 6 nitrogen and oxygen atoms in total. The Morgan fingerprint density at radius 3 is 2.52 bits per heavy atom. The fraction of sp³-hybridized carbons (Fsp3) is 0.286. The summed E-state index contributed by atoms with van der Waals surface area (Å²) in [4.78, 5) is 23.3. The van der Waals surface area contributed by atoms with Crippen LogP contribution in [0.5, 0.6) is 11.5 Å². The molecule has 0 aliphatic heterocycles. The Bertz CT molecular complexity index is 731. The van der Waals surface area contributed by atoms with E-state index in [2.05, 4.69) is 0 Å². The lowest BCUT2D eigenvalue weighted by molar-refractivity contribution is -0.137. The zero-order valence-corrected chi connectivity index (χ0v) is 12.7. The summed E-state index contributed by atoms with van der Waals surface area (Å²) < 4.78 is 11.7. The van der Waals surface area contributed by atoms with E-state index in [4.69, 9.17) is 14.6 Å². The number of thiazole rings is 1. The molecule has 7 heteroatoms. The van der Waals surface area contributed by atoms with Gasteiger partial charge < -0.3 is 14.6 Å². The number of rotatable bonds is 5. The average Bonchev–Trinajstić information content (AvgIpc) is 2.72. The molecular formula is C14H15NO5S. The number of hydrogen-bond acceptors (Lipinski definition) is 5. The van der Waals surface area contributed by atoms with E-state index in [0.29, 0.717) is 22.8 Å². The number of carbonyl (C=O) groups is 1. The maximum Gasteiger partial charge on any atom is 0.323 e. The van der Waals surface area contributed by atoms with Gasteiger partial charge in [-0.05, 0) is 25.1 Å². The zero-order chi connectivity index (χ0) is 15.6. The minimum absolute atomic E-state index is 0.292. The fourth-order valence-corrected chi connectivity index (χ4v) is 2.99. The Hall–Kier alpha value is -2.28. The van der Waals surface area contributed by atoms with Crippen molar-refractivity contribution in [2.75, 3.05) is 14.2 Å². The summed E-state index contributed by atoms with van der Waals surface area (Å²) in [6.45, 7) is 1.42. The van der Waals surface area contributed by atoms with E-state index in [-0.39, 0.29) is 11.4 Å². The molecule has 21 heavy (non-hydrogen) atoms. The fourth-order valence-electron chi connectivity index (χ4n) is 2.14. The summed E-state index contributed by atoms with van der Waals surface area (Å²) in [6, 6.07) is 5.22. The molecule has 0 radical (unpaired) electrons. The lowest BCUT2D eigenvalue weighted by Gasteiger charge is -2.11. The number of ether oxygens (including phenoxy) is 2. The van der Waals surface area contributed by atoms with Crippen LogP contribution in [0.3, 0.4) is 0 Å². The van der Waals surface area contributed by atoms with Crippen LogP contribution in [0.2, 0.25) is 0 Å². The first-order chi connectivity index (χ1) is 9.97. The predicted molar refractivity (Wildman–Crippen MR) is 79.5 cm³/mol. The van der Waals surface area contributed by atoms with Gasteiger partial charge in [0.25, 0.3) is 0 Å². The maximum atomic E-state index is 11.9. The minimum atomic E-state index is -1.06. The third-order valence-corrected chi connectivity index (χ3v) is 3.91. The standard InChI is InChI=1S/C14H15NO5S/c1-8-13(15(7-12(16)17)14(18)21-8)9-4-5-10(19-2)11(6-9)20-3/h4-6H,7H2,1-3H3,(H,16,17). The van der Waals surface area contributed by atoms with Crippen LogP contribution in [0.1, 0.15) is 4.88 Å². The van der Waals surface area contributed by atoms with E-state index >= 15 is 0 Å². The maximum absolute atomic E-state index is 11.9. The first-order valence-corrected chi connectivity index (χ1v) is 6.94. The third kappa shape index (κ3) is 2.92. The van der Waals surface area contributed by atoms with Gasteiger partial charge in [0.15, 0.2) is 11.5 Å². The highest BCUT2D eigenvalue weighted by molar-refractivity contribution is 7.09. The number of methoxy groups -OCH3 is 2. The first-order valence-electron chi connectivity index (χ1n) is 6.12. The second-order valence-electron chi connectivity index (χ2n) is 4.32. The molecule has 0 spiro atoms. The minimum Gasteiger partial charge on any atom is -0.493 e. The lowest BCUT2D eigenvalue weighted by Crippen LogP contribution is -2.19. The molecule has 2 rings (SSSR count). The molecule has 1 aromatic carbocycles. The SMILES string of the molecule is COc1ccc(-c2c(C)sc(=O)n2CC(=O)O)cc1OC. The number of carboxylic acids is 1. The Kier molecular flexibility index (Phi) is 4.32. The highest BCUT2D eigenvalue weighted by Gasteiger charge is 2.17. The summed E-state index contributed by atoms with van der Waals surface area (Å²) in [6.07, 6.45) is 0. The Balaban J connectivity index is 2.61. The van der Waals surface area contributed by atoms with Crippen LogP contribution in [0, 0.1) is 6.92 Å². The van der Waals surface area contributed by atoms with Gasteiger partial charge in [0.1, 0.15) is 6.54 Å². The van der Waals surface area contributed by atoms with Crippen LogP contribution in [0.4, 0.5) is 0 Å². The molecule has 0 fully saturated rings. The summed E-state index contributed by atoms with van der Waals surface area (Å²) in [5, 5.41) is 8.96. The molecule has 112 valence electrons. The van der Waals surface area contributed by atoms with Crippen molar-refractivity contribution in [1.29, 1.82) is 0 Å². The van der Waals surface area contributed by atoms with Crippen molar-refractivity contribution in [1.82, 2.24) is 4.57 Å². The smallest absolute Gasteiger partial charge is 0.323 e. The molecule has 0 unspecified atom stereocenters. The molecule has 0 atom stereocenters. The Morgan fingerprint density at radius 2 is 1.95 bits per heavy atom. The van der Waals surface area contributed by atoms with Gasteiger partial charge in [-0.25, -0.2) is 0 Å². The van der Waals surface area contributed by atoms with E-state index in [0.717, 1.165) is 16.2 Å². The van der Waals surface area contributed by atoms with Crippen LogP contribution < -0.4 is 14.3 Å². The number of aliphatic carboxylic acids is 1. The second kappa shape index (κ2) is 6.01. The molecule has 1 aromatic heterocycles. The van der Waals surface area contributed by atoms with Crippen molar-refractivity contribution in [3.05, 3.63) is 32.7 Å². The van der Waals surface area contributed by atoms with E-state index in [9.17, 15) is 9.59 Å². The van der Waals surface area contributed by atoms with E-state index in [1.54, 1.807) is 25.1 Å². The first kappa shape index (κ1) is 15.1. The third-order valence-electron chi connectivity index (χ3n) is 3.01. The molecule has 2 aromatic rings. The molecule has 0 saturated carbocycles. The molecule has 1 N–H and O–H groups in total. The number of aryl methyl sites for hydroxylation is 1. The molecular weight excluding hydrogens is 294 g/mol. The van der Waals surface area contributed by atoms with E-state index < -0.39 is 5.97 Å². The topological polar surface area (TPSA) is 77.8 Å². The highest BCUT2D eigenvalue weighted by atomic mass is 32.1. The van der Waals surface area contributed by atoms with Crippen molar-refractivity contribution in [3.63, 3.8) is 0 Å². The number of aromatic nitrogens is 1. The van der Waals surface area contributed by atoms with Gasteiger partial charge in [-0.3, -0.25) is 14.2 Å². The lowest BCUT2D eigenvalue weighted by atomic mass is 10.1. The van der Waals surface area contributed by atoms with E-state index in [1.807, 2.05) is 0 Å². The van der Waals surface area contributed by atoms with Crippen molar-refractivity contribution in [2.24, 2.45) is 0 Å². The van der Waals surface area contributed by atoms with Gasteiger partial charge >= 0.3 is 10.8 Å². The largest absolute Gasteiger partial charge is 0.493 e. The van der Waals surface area contributed by atoms with Gasteiger partial charge in [-0.2, -0.15) is 0 Å². The quantitative estimate of drug-likeness (QED) is 0.914. The molecule has 0 aliphatic carbocycles.